The number of phenols is 1. The van der Waals surface area contributed by atoms with Crippen LogP contribution in [0.1, 0.15) is 15.9 Å². The molecule has 0 aliphatic heterocycles. The summed E-state index contributed by atoms with van der Waals surface area (Å²) < 4.78 is 0.271. The van der Waals surface area contributed by atoms with E-state index < -0.39 is 11.8 Å². The number of hydrogen-bond donors (Lipinski definition) is 2. The Labute approximate surface area is 88.3 Å². The fourth-order valence-electron chi connectivity index (χ4n) is 0.994. The van der Waals surface area contributed by atoms with Gasteiger partial charge in [0.2, 0.25) is 0 Å². The minimum absolute atomic E-state index is 0.211. The normalized spacial score (nSPS) is 9.86. The first-order valence-electron chi connectivity index (χ1n) is 3.71. The zero-order valence-electron chi connectivity index (χ0n) is 7.24. The highest BCUT2D eigenvalue weighted by Crippen LogP contribution is 2.29. The lowest BCUT2D eigenvalue weighted by Gasteiger charge is -2.05. The van der Waals surface area contributed by atoms with Crippen molar-refractivity contribution in [1.29, 1.82) is 0 Å². The van der Waals surface area contributed by atoms with E-state index in [0.29, 0.717) is 5.56 Å². The summed E-state index contributed by atoms with van der Waals surface area (Å²) in [7, 11) is 0. The van der Waals surface area contributed by atoms with Gasteiger partial charge in [-0.3, -0.25) is 4.79 Å². The van der Waals surface area contributed by atoms with Gasteiger partial charge in [-0.1, -0.05) is 6.07 Å². The Balaban J connectivity index is 3.40. The number of halogens is 1. The number of carbonyl (C=O) groups is 2. The molecule has 1 aromatic rings. The average Bonchev–Trinajstić information content (AvgIpc) is 2.12. The lowest BCUT2D eigenvalue weighted by molar-refractivity contribution is -0.131. The van der Waals surface area contributed by atoms with Crippen molar-refractivity contribution in [3.8, 4) is 5.75 Å². The van der Waals surface area contributed by atoms with E-state index in [1.807, 2.05) is 0 Å². The Bertz CT molecular complexity index is 412. The van der Waals surface area contributed by atoms with Crippen LogP contribution in [0.15, 0.2) is 16.6 Å². The van der Waals surface area contributed by atoms with Gasteiger partial charge in [0.05, 0.1) is 5.56 Å². The molecule has 0 aliphatic rings. The van der Waals surface area contributed by atoms with Crippen LogP contribution >= 0.6 is 15.9 Å². The van der Waals surface area contributed by atoms with E-state index in [2.05, 4.69) is 15.9 Å². The van der Waals surface area contributed by atoms with E-state index in [1.165, 1.54) is 6.07 Å². The van der Waals surface area contributed by atoms with Crippen LogP contribution in [0.5, 0.6) is 5.75 Å². The molecule has 0 bridgehead atoms. The number of Topliss-reactive ketones (excluding diaryl/α,β-unsaturated/α-hetero) is 1. The zero-order chi connectivity index (χ0) is 10.9. The Morgan fingerprint density at radius 1 is 1.36 bits per heavy atom. The first-order chi connectivity index (χ1) is 6.45. The molecule has 1 rings (SSSR count). The topological polar surface area (TPSA) is 74.6 Å². The number of aryl methyl sites for hydroxylation is 1. The van der Waals surface area contributed by atoms with Gasteiger partial charge < -0.3 is 10.2 Å². The summed E-state index contributed by atoms with van der Waals surface area (Å²) in [4.78, 5) is 21.6. The van der Waals surface area contributed by atoms with Crippen LogP contribution in [-0.4, -0.2) is 22.0 Å². The molecule has 0 saturated heterocycles. The Morgan fingerprint density at radius 2 is 1.93 bits per heavy atom. The predicted molar refractivity (Wildman–Crippen MR) is 52.5 cm³/mol. The Kier molecular flexibility index (Phi) is 2.90. The van der Waals surface area contributed by atoms with E-state index in [0.717, 1.165) is 0 Å². The van der Waals surface area contributed by atoms with Crippen LogP contribution in [-0.2, 0) is 4.79 Å². The minimum Gasteiger partial charge on any atom is -0.507 e. The molecule has 0 heterocycles. The van der Waals surface area contributed by atoms with Crippen LogP contribution in [0.3, 0.4) is 0 Å². The molecule has 14 heavy (non-hydrogen) atoms. The van der Waals surface area contributed by atoms with Crippen molar-refractivity contribution < 1.29 is 19.8 Å². The highest BCUT2D eigenvalue weighted by atomic mass is 79.9. The number of benzene rings is 1. The standard InChI is InChI=1S/C9H7BrO4/c1-4-2-3-5(10)6(7(4)11)8(12)9(13)14/h2-3,11H,1H3,(H,13,14). The summed E-state index contributed by atoms with van der Waals surface area (Å²) in [6.07, 6.45) is 0. The Morgan fingerprint density at radius 3 is 2.43 bits per heavy atom. The molecule has 0 fully saturated rings. The summed E-state index contributed by atoms with van der Waals surface area (Å²) in [5.41, 5.74) is 0.246. The maximum absolute atomic E-state index is 11.1. The van der Waals surface area contributed by atoms with Gasteiger partial charge in [-0.15, -0.1) is 0 Å². The number of carbonyl (C=O) groups excluding carboxylic acids is 1. The van der Waals surface area contributed by atoms with E-state index in [4.69, 9.17) is 5.11 Å². The van der Waals surface area contributed by atoms with E-state index in [-0.39, 0.29) is 15.8 Å². The fraction of sp³-hybridized carbons (Fsp3) is 0.111. The van der Waals surface area contributed by atoms with Crippen molar-refractivity contribution in [1.82, 2.24) is 0 Å². The Hall–Kier alpha value is -1.36. The maximum atomic E-state index is 11.1. The van der Waals surface area contributed by atoms with Crippen molar-refractivity contribution in [2.45, 2.75) is 6.92 Å². The van der Waals surface area contributed by atoms with Crippen LogP contribution in [0.4, 0.5) is 0 Å². The molecule has 0 aromatic heterocycles. The number of hydrogen-bond acceptors (Lipinski definition) is 3. The highest BCUT2D eigenvalue weighted by molar-refractivity contribution is 9.10. The van der Waals surface area contributed by atoms with Gasteiger partial charge in [-0.2, -0.15) is 0 Å². The fourth-order valence-corrected chi connectivity index (χ4v) is 1.49. The first kappa shape index (κ1) is 10.7. The van der Waals surface area contributed by atoms with Crippen molar-refractivity contribution in [2.24, 2.45) is 0 Å². The third-order valence-electron chi connectivity index (χ3n) is 1.75. The van der Waals surface area contributed by atoms with Gasteiger partial charge in [-0.25, -0.2) is 4.79 Å². The first-order valence-corrected chi connectivity index (χ1v) is 4.50. The minimum atomic E-state index is -1.59. The summed E-state index contributed by atoms with van der Waals surface area (Å²) >= 11 is 3.01. The van der Waals surface area contributed by atoms with Crippen LogP contribution in [0, 0.1) is 6.92 Å². The van der Waals surface area contributed by atoms with Crippen molar-refractivity contribution in [3.63, 3.8) is 0 Å². The largest absolute Gasteiger partial charge is 0.507 e. The number of carboxylic acids is 1. The molecule has 0 spiro atoms. The second kappa shape index (κ2) is 3.79. The molecule has 4 nitrogen and oxygen atoms in total. The molecule has 0 unspecified atom stereocenters. The number of phenolic OH excluding ortho intramolecular Hbond substituents is 1. The van der Waals surface area contributed by atoms with Gasteiger partial charge in [0.1, 0.15) is 5.75 Å². The quantitative estimate of drug-likeness (QED) is 0.626. The molecule has 0 atom stereocenters. The van der Waals surface area contributed by atoms with E-state index in [1.54, 1.807) is 13.0 Å². The molecule has 1 aromatic carbocycles. The smallest absolute Gasteiger partial charge is 0.377 e. The van der Waals surface area contributed by atoms with Crippen LogP contribution < -0.4 is 0 Å². The molecule has 0 radical (unpaired) electrons. The second-order valence-corrected chi connectivity index (χ2v) is 3.58. The van der Waals surface area contributed by atoms with Crippen molar-refractivity contribution in [3.05, 3.63) is 27.7 Å². The zero-order valence-corrected chi connectivity index (χ0v) is 8.83. The molecule has 2 N–H and O–H groups in total. The monoisotopic (exact) mass is 258 g/mol. The van der Waals surface area contributed by atoms with Crippen LogP contribution in [0.2, 0.25) is 0 Å². The number of rotatable bonds is 2. The number of aromatic hydroxyl groups is 1. The van der Waals surface area contributed by atoms with Gasteiger partial charge in [0.25, 0.3) is 5.78 Å². The van der Waals surface area contributed by atoms with Crippen LogP contribution in [0.25, 0.3) is 0 Å². The summed E-state index contributed by atoms with van der Waals surface area (Å²) in [5.74, 6) is -3.02. The number of aliphatic carboxylic acids is 1. The van der Waals surface area contributed by atoms with Crippen molar-refractivity contribution in [2.75, 3.05) is 0 Å². The van der Waals surface area contributed by atoms with E-state index in [9.17, 15) is 14.7 Å². The second-order valence-electron chi connectivity index (χ2n) is 2.72. The summed E-state index contributed by atoms with van der Waals surface area (Å²) in [6, 6.07) is 3.10. The third-order valence-corrected chi connectivity index (χ3v) is 2.41. The molecule has 0 saturated carbocycles. The molecule has 0 aliphatic carbocycles. The lowest BCUT2D eigenvalue weighted by atomic mass is 10.1. The number of ketones is 1. The average molecular weight is 259 g/mol. The maximum Gasteiger partial charge on any atom is 0.377 e. The molecular weight excluding hydrogens is 252 g/mol. The SMILES string of the molecule is Cc1ccc(Br)c(C(=O)C(=O)O)c1O. The summed E-state index contributed by atoms with van der Waals surface area (Å²) in [5, 5.41) is 18.0. The molecular formula is C9H7BrO4. The lowest BCUT2D eigenvalue weighted by Crippen LogP contribution is -2.13. The summed E-state index contributed by atoms with van der Waals surface area (Å²) in [6.45, 7) is 1.58. The molecule has 5 heteroatoms. The number of carboxylic acid groups (broad SMARTS) is 1. The van der Waals surface area contributed by atoms with Gasteiger partial charge in [-0.05, 0) is 34.5 Å². The highest BCUT2D eigenvalue weighted by Gasteiger charge is 2.22. The van der Waals surface area contributed by atoms with Gasteiger partial charge >= 0.3 is 5.97 Å². The van der Waals surface area contributed by atoms with E-state index >= 15 is 0 Å². The predicted octanol–water partition coefficient (Wildman–Crippen LogP) is 1.73. The van der Waals surface area contributed by atoms with Crippen molar-refractivity contribution >= 4 is 27.7 Å². The van der Waals surface area contributed by atoms with Gasteiger partial charge in [0, 0.05) is 4.47 Å². The molecule has 0 amide bonds. The van der Waals surface area contributed by atoms with Gasteiger partial charge in [0.15, 0.2) is 0 Å². The molecule has 74 valence electrons. The third kappa shape index (κ3) is 1.77.